The highest BCUT2D eigenvalue weighted by Gasteiger charge is 2.21. The van der Waals surface area contributed by atoms with Crippen LogP contribution in [-0.4, -0.2) is 35.2 Å². The molecule has 1 atom stereocenters. The van der Waals surface area contributed by atoms with Gasteiger partial charge in [-0.05, 0) is 38.5 Å². The van der Waals surface area contributed by atoms with Crippen LogP contribution in [0, 0.1) is 0 Å². The van der Waals surface area contributed by atoms with Gasteiger partial charge < -0.3 is 9.84 Å². The van der Waals surface area contributed by atoms with Gasteiger partial charge in [-0.1, -0.05) is 12.1 Å². The van der Waals surface area contributed by atoms with Gasteiger partial charge in [0.15, 0.2) is 0 Å². The zero-order valence-corrected chi connectivity index (χ0v) is 11.7. The second kappa shape index (κ2) is 7.19. The third-order valence-electron chi connectivity index (χ3n) is 3.07. The third-order valence-corrected chi connectivity index (χ3v) is 3.07. The molecule has 0 amide bonds. The van der Waals surface area contributed by atoms with Crippen LogP contribution in [0.2, 0.25) is 0 Å². The number of halogens is 2. The first-order chi connectivity index (χ1) is 9.31. The Hall–Kier alpha value is -1.69. The van der Waals surface area contributed by atoms with Gasteiger partial charge in [0.2, 0.25) is 0 Å². The zero-order chi connectivity index (χ0) is 15.3. The highest BCUT2D eigenvalue weighted by Crippen LogP contribution is 2.24. The largest absolute Gasteiger partial charge is 0.480 e. The zero-order valence-electron chi connectivity index (χ0n) is 11.7. The first kappa shape index (κ1) is 16.4. The Kier molecular flexibility index (Phi) is 5.88. The Morgan fingerprint density at radius 1 is 1.25 bits per heavy atom. The van der Waals surface area contributed by atoms with Gasteiger partial charge in [-0.25, -0.2) is 0 Å². The van der Waals surface area contributed by atoms with Gasteiger partial charge in [0.1, 0.15) is 5.75 Å². The number of hydrogen-bond donors (Lipinski definition) is 1. The lowest BCUT2D eigenvalue weighted by molar-refractivity contribution is -0.139. The second-order valence-corrected chi connectivity index (χ2v) is 4.78. The molecule has 0 radical (unpaired) electrons. The molecule has 0 aliphatic carbocycles. The van der Waals surface area contributed by atoms with E-state index in [-0.39, 0.29) is 24.4 Å². The van der Waals surface area contributed by atoms with Gasteiger partial charge in [-0.15, -0.1) is 0 Å². The Bertz CT molecular complexity index is 435. The van der Waals surface area contributed by atoms with E-state index in [2.05, 4.69) is 4.74 Å². The smallest absolute Gasteiger partial charge is 0.387 e. The van der Waals surface area contributed by atoms with E-state index in [0.717, 1.165) is 5.56 Å². The number of carbonyl (C=O) groups is 1. The summed E-state index contributed by atoms with van der Waals surface area (Å²) < 4.78 is 28.4. The van der Waals surface area contributed by atoms with E-state index in [1.807, 2.05) is 25.7 Å². The summed E-state index contributed by atoms with van der Waals surface area (Å²) in [5, 5.41) is 8.93. The van der Waals surface area contributed by atoms with Gasteiger partial charge in [-0.3, -0.25) is 9.69 Å². The molecule has 0 bridgehead atoms. The molecule has 0 saturated heterocycles. The molecule has 0 aliphatic heterocycles. The second-order valence-electron chi connectivity index (χ2n) is 4.78. The first-order valence-corrected chi connectivity index (χ1v) is 6.33. The number of rotatable bonds is 7. The lowest BCUT2D eigenvalue weighted by atomic mass is 10.1. The molecule has 1 rings (SSSR count). The summed E-state index contributed by atoms with van der Waals surface area (Å²) >= 11 is 0. The van der Waals surface area contributed by atoms with E-state index in [4.69, 9.17) is 5.11 Å². The third kappa shape index (κ3) is 4.77. The number of benzene rings is 1. The first-order valence-electron chi connectivity index (χ1n) is 6.33. The summed E-state index contributed by atoms with van der Waals surface area (Å²) in [5.74, 6) is -0.812. The number of hydrogen-bond acceptors (Lipinski definition) is 3. The number of aliphatic carboxylic acids is 1. The van der Waals surface area contributed by atoms with Crippen LogP contribution in [0.4, 0.5) is 8.78 Å². The van der Waals surface area contributed by atoms with Crippen LogP contribution in [0.1, 0.15) is 32.4 Å². The molecule has 20 heavy (non-hydrogen) atoms. The average molecular weight is 287 g/mol. The Morgan fingerprint density at radius 3 is 2.20 bits per heavy atom. The quantitative estimate of drug-likeness (QED) is 0.837. The van der Waals surface area contributed by atoms with Crippen LogP contribution in [0.25, 0.3) is 0 Å². The molecule has 0 saturated carbocycles. The molecule has 0 heterocycles. The summed E-state index contributed by atoms with van der Waals surface area (Å²) in [6.45, 7) is 2.78. The minimum atomic E-state index is -2.85. The molecule has 1 unspecified atom stereocenters. The summed E-state index contributed by atoms with van der Waals surface area (Å²) in [6, 6.07) is 6.16. The van der Waals surface area contributed by atoms with Crippen molar-refractivity contribution >= 4 is 5.97 Å². The van der Waals surface area contributed by atoms with Crippen molar-refractivity contribution in [3.8, 4) is 5.75 Å². The Morgan fingerprint density at radius 2 is 1.80 bits per heavy atom. The van der Waals surface area contributed by atoms with Crippen molar-refractivity contribution in [1.82, 2.24) is 4.90 Å². The van der Waals surface area contributed by atoms with Crippen LogP contribution in [0.5, 0.6) is 5.75 Å². The molecule has 1 aromatic carbocycles. The molecule has 0 fully saturated rings. The van der Waals surface area contributed by atoms with E-state index in [0.29, 0.717) is 0 Å². The maximum Gasteiger partial charge on any atom is 0.387 e. The van der Waals surface area contributed by atoms with Gasteiger partial charge in [0, 0.05) is 12.1 Å². The fourth-order valence-electron chi connectivity index (χ4n) is 2.04. The highest BCUT2D eigenvalue weighted by atomic mass is 19.3. The average Bonchev–Trinajstić information content (AvgIpc) is 2.35. The summed E-state index contributed by atoms with van der Waals surface area (Å²) in [6.07, 6.45) is 0. The summed E-state index contributed by atoms with van der Waals surface area (Å²) in [7, 11) is 0. The highest BCUT2D eigenvalue weighted by molar-refractivity contribution is 5.69. The standard InChI is InChI=1S/C14H19F2NO3/c1-9(2)17(8-13(18)19)10(3)11-4-6-12(7-5-11)20-14(15)16/h4-7,9-10,14H,8H2,1-3H3,(H,18,19). The molecule has 1 aromatic rings. The molecule has 0 spiro atoms. The van der Waals surface area contributed by atoms with Gasteiger partial charge >= 0.3 is 12.6 Å². The van der Waals surface area contributed by atoms with E-state index in [1.165, 1.54) is 12.1 Å². The maximum absolute atomic E-state index is 12.1. The summed E-state index contributed by atoms with van der Waals surface area (Å²) in [4.78, 5) is 12.7. The number of alkyl halides is 2. The normalized spacial score (nSPS) is 13.0. The predicted octanol–water partition coefficient (Wildman–Crippen LogP) is 3.14. The topological polar surface area (TPSA) is 49.8 Å². The van der Waals surface area contributed by atoms with Crippen molar-refractivity contribution in [2.75, 3.05) is 6.54 Å². The van der Waals surface area contributed by atoms with Gasteiger partial charge in [0.25, 0.3) is 0 Å². The molecule has 1 N–H and O–H groups in total. The molecule has 0 aliphatic rings. The predicted molar refractivity (Wildman–Crippen MR) is 71.0 cm³/mol. The Labute approximate surface area is 117 Å². The SMILES string of the molecule is CC(C)N(CC(=O)O)C(C)c1ccc(OC(F)F)cc1. The van der Waals surface area contributed by atoms with Crippen LogP contribution < -0.4 is 4.74 Å². The number of carboxylic acids is 1. The van der Waals surface area contributed by atoms with Crippen molar-refractivity contribution in [3.05, 3.63) is 29.8 Å². The van der Waals surface area contributed by atoms with Crippen molar-refractivity contribution in [2.24, 2.45) is 0 Å². The van der Waals surface area contributed by atoms with Gasteiger partial charge in [-0.2, -0.15) is 8.78 Å². The monoisotopic (exact) mass is 287 g/mol. The fourth-order valence-corrected chi connectivity index (χ4v) is 2.04. The number of nitrogens with zero attached hydrogens (tertiary/aromatic N) is 1. The molecular formula is C14H19F2NO3. The minimum absolute atomic E-state index is 0.0538. The lowest BCUT2D eigenvalue weighted by Crippen LogP contribution is -2.37. The van der Waals surface area contributed by atoms with Crippen molar-refractivity contribution in [1.29, 1.82) is 0 Å². The fraction of sp³-hybridized carbons (Fsp3) is 0.500. The lowest BCUT2D eigenvalue weighted by Gasteiger charge is -2.31. The number of ether oxygens (including phenoxy) is 1. The number of carboxylic acid groups (broad SMARTS) is 1. The molecule has 4 nitrogen and oxygen atoms in total. The van der Waals surface area contributed by atoms with E-state index >= 15 is 0 Å². The van der Waals surface area contributed by atoms with Crippen LogP contribution in [0.15, 0.2) is 24.3 Å². The van der Waals surface area contributed by atoms with E-state index in [9.17, 15) is 13.6 Å². The van der Waals surface area contributed by atoms with Crippen molar-refractivity contribution in [2.45, 2.75) is 39.5 Å². The van der Waals surface area contributed by atoms with Crippen LogP contribution >= 0.6 is 0 Å². The summed E-state index contributed by atoms with van der Waals surface area (Å²) in [5.41, 5.74) is 0.849. The van der Waals surface area contributed by atoms with Crippen LogP contribution in [0.3, 0.4) is 0 Å². The Balaban J connectivity index is 2.83. The van der Waals surface area contributed by atoms with Gasteiger partial charge in [0.05, 0.1) is 6.54 Å². The molecular weight excluding hydrogens is 268 g/mol. The maximum atomic E-state index is 12.1. The van der Waals surface area contributed by atoms with E-state index < -0.39 is 12.6 Å². The van der Waals surface area contributed by atoms with E-state index in [1.54, 1.807) is 12.1 Å². The molecule has 6 heteroatoms. The minimum Gasteiger partial charge on any atom is -0.480 e. The van der Waals surface area contributed by atoms with Crippen molar-refractivity contribution in [3.63, 3.8) is 0 Å². The molecule has 0 aromatic heterocycles. The molecule has 112 valence electrons. The van der Waals surface area contributed by atoms with Crippen molar-refractivity contribution < 1.29 is 23.4 Å². The van der Waals surface area contributed by atoms with Crippen LogP contribution in [-0.2, 0) is 4.79 Å².